The summed E-state index contributed by atoms with van der Waals surface area (Å²) in [5.74, 6) is 0.133. The van der Waals surface area contributed by atoms with Crippen molar-refractivity contribution in [2.24, 2.45) is 4.99 Å². The van der Waals surface area contributed by atoms with E-state index in [-0.39, 0.29) is 10.7 Å². The maximum absolute atomic E-state index is 11.9. The Labute approximate surface area is 102 Å². The van der Waals surface area contributed by atoms with Crippen molar-refractivity contribution in [3.63, 3.8) is 0 Å². The van der Waals surface area contributed by atoms with E-state index >= 15 is 0 Å². The van der Waals surface area contributed by atoms with Crippen LogP contribution in [0.25, 0.3) is 0 Å². The van der Waals surface area contributed by atoms with Gasteiger partial charge in [0, 0.05) is 5.71 Å². The molecule has 0 radical (unpaired) electrons. The van der Waals surface area contributed by atoms with Crippen LogP contribution in [0.4, 0.5) is 0 Å². The Balaban J connectivity index is 2.86. The molecule has 1 rings (SSSR count). The molecule has 0 saturated heterocycles. The van der Waals surface area contributed by atoms with E-state index in [1.807, 2.05) is 13.8 Å². The lowest BCUT2D eigenvalue weighted by molar-refractivity contribution is 0.588. The van der Waals surface area contributed by atoms with Crippen molar-refractivity contribution in [2.45, 2.75) is 25.2 Å². The van der Waals surface area contributed by atoms with Crippen molar-refractivity contribution in [3.05, 3.63) is 42.7 Å². The topological polar surface area (TPSA) is 58.5 Å². The van der Waals surface area contributed by atoms with E-state index < -0.39 is 10.0 Å². The molecule has 0 saturated carbocycles. The first-order chi connectivity index (χ1) is 7.95. The van der Waals surface area contributed by atoms with E-state index in [2.05, 4.69) is 16.3 Å². The van der Waals surface area contributed by atoms with E-state index in [1.165, 1.54) is 12.1 Å². The van der Waals surface area contributed by atoms with Crippen molar-refractivity contribution in [2.75, 3.05) is 0 Å². The number of aliphatic imine (C=N–C) groups is 1. The third-order valence-electron chi connectivity index (χ3n) is 2.14. The van der Waals surface area contributed by atoms with Gasteiger partial charge in [-0.15, -0.1) is 0 Å². The Morgan fingerprint density at radius 2 is 1.94 bits per heavy atom. The second-order valence-electron chi connectivity index (χ2n) is 3.57. The summed E-state index contributed by atoms with van der Waals surface area (Å²) in [5.41, 5.74) is 0.825. The van der Waals surface area contributed by atoms with Crippen LogP contribution in [0.2, 0.25) is 0 Å². The van der Waals surface area contributed by atoms with Crippen LogP contribution >= 0.6 is 0 Å². The molecule has 0 aromatic heterocycles. The molecule has 1 aromatic carbocycles. The Bertz CT molecular complexity index is 519. The van der Waals surface area contributed by atoms with Crippen LogP contribution in [0.5, 0.6) is 0 Å². The Morgan fingerprint density at radius 3 is 2.47 bits per heavy atom. The van der Waals surface area contributed by atoms with E-state index in [9.17, 15) is 8.42 Å². The second kappa shape index (κ2) is 5.63. The van der Waals surface area contributed by atoms with Crippen LogP contribution in [0.15, 0.2) is 52.6 Å². The molecule has 1 aromatic rings. The van der Waals surface area contributed by atoms with Crippen LogP contribution in [0, 0.1) is 0 Å². The quantitative estimate of drug-likeness (QED) is 0.817. The highest BCUT2D eigenvalue weighted by Gasteiger charge is 2.13. The summed E-state index contributed by atoms with van der Waals surface area (Å²) in [7, 11) is -3.57. The van der Waals surface area contributed by atoms with Gasteiger partial charge in [-0.05, 0) is 25.5 Å². The molecule has 0 heterocycles. The third kappa shape index (κ3) is 4.03. The van der Waals surface area contributed by atoms with Crippen molar-refractivity contribution < 1.29 is 8.42 Å². The van der Waals surface area contributed by atoms with Crippen LogP contribution in [-0.2, 0) is 10.0 Å². The summed E-state index contributed by atoms with van der Waals surface area (Å²) in [4.78, 5) is 4.24. The first-order valence-corrected chi connectivity index (χ1v) is 6.75. The molecule has 92 valence electrons. The van der Waals surface area contributed by atoms with E-state index in [1.54, 1.807) is 18.2 Å². The normalized spacial score (nSPS) is 12.2. The molecule has 0 atom stereocenters. The van der Waals surface area contributed by atoms with Gasteiger partial charge in [-0.2, -0.15) is 0 Å². The lowest BCUT2D eigenvalue weighted by atomic mass is 10.3. The number of benzene rings is 1. The van der Waals surface area contributed by atoms with E-state index in [0.717, 1.165) is 12.1 Å². The minimum Gasteiger partial charge on any atom is -0.264 e. The zero-order chi connectivity index (χ0) is 12.9. The Kier molecular flexibility index (Phi) is 4.45. The molecule has 0 bridgehead atoms. The van der Waals surface area contributed by atoms with Crippen LogP contribution in [0.3, 0.4) is 0 Å². The van der Waals surface area contributed by atoms with Crippen LogP contribution < -0.4 is 4.72 Å². The maximum Gasteiger partial charge on any atom is 0.263 e. The van der Waals surface area contributed by atoms with Crippen LogP contribution in [-0.4, -0.2) is 14.1 Å². The number of hydrogen-bond donors (Lipinski definition) is 1. The van der Waals surface area contributed by atoms with Gasteiger partial charge in [0.25, 0.3) is 10.0 Å². The fourth-order valence-electron chi connectivity index (χ4n) is 1.15. The van der Waals surface area contributed by atoms with Crippen molar-refractivity contribution >= 4 is 15.7 Å². The van der Waals surface area contributed by atoms with Gasteiger partial charge in [0.15, 0.2) is 0 Å². The average molecular weight is 252 g/mol. The lowest BCUT2D eigenvalue weighted by Gasteiger charge is -2.07. The van der Waals surface area contributed by atoms with Crippen molar-refractivity contribution in [3.8, 4) is 0 Å². The predicted octanol–water partition coefficient (Wildman–Crippen LogP) is 2.31. The van der Waals surface area contributed by atoms with E-state index in [4.69, 9.17) is 0 Å². The molecule has 17 heavy (non-hydrogen) atoms. The molecule has 0 amide bonds. The highest BCUT2D eigenvalue weighted by molar-refractivity contribution is 7.89. The number of hydrogen-bond acceptors (Lipinski definition) is 3. The summed E-state index contributed by atoms with van der Waals surface area (Å²) in [5, 5.41) is 0. The van der Waals surface area contributed by atoms with Crippen LogP contribution in [0.1, 0.15) is 20.3 Å². The Hall–Kier alpha value is -1.62. The molecule has 0 fully saturated rings. The van der Waals surface area contributed by atoms with Gasteiger partial charge in [-0.1, -0.05) is 31.7 Å². The second-order valence-corrected chi connectivity index (χ2v) is 5.25. The summed E-state index contributed by atoms with van der Waals surface area (Å²) in [6.07, 6.45) is 0.756. The van der Waals surface area contributed by atoms with Crippen molar-refractivity contribution in [1.29, 1.82) is 0 Å². The minimum atomic E-state index is -3.57. The molecule has 0 aliphatic rings. The zero-order valence-electron chi connectivity index (χ0n) is 9.97. The molecular weight excluding hydrogens is 236 g/mol. The molecular formula is C12H16N2O2S. The third-order valence-corrected chi connectivity index (χ3v) is 3.54. The summed E-state index contributed by atoms with van der Waals surface area (Å²) >= 11 is 0. The molecule has 0 unspecified atom stereocenters. The van der Waals surface area contributed by atoms with Gasteiger partial charge in [0.1, 0.15) is 5.82 Å². The first kappa shape index (κ1) is 13.4. The predicted molar refractivity (Wildman–Crippen MR) is 69.3 cm³/mol. The summed E-state index contributed by atoms with van der Waals surface area (Å²) in [6.45, 7) is 7.34. The fraction of sp³-hybridized carbons (Fsp3) is 0.250. The zero-order valence-corrected chi connectivity index (χ0v) is 10.8. The van der Waals surface area contributed by atoms with Gasteiger partial charge in [-0.25, -0.2) is 13.4 Å². The highest BCUT2D eigenvalue weighted by Crippen LogP contribution is 2.08. The number of sulfonamides is 1. The van der Waals surface area contributed by atoms with Gasteiger partial charge >= 0.3 is 0 Å². The lowest BCUT2D eigenvalue weighted by Crippen LogP contribution is -2.22. The molecule has 4 nitrogen and oxygen atoms in total. The standard InChI is InChI=1S/C12H16N2O2S/c1-4-10(2)13-11(3)14-17(15,16)12-8-6-5-7-9-12/h5-9,14H,3-4H2,1-2H3/b13-10-. The average Bonchev–Trinajstić information content (AvgIpc) is 2.29. The Morgan fingerprint density at radius 1 is 1.35 bits per heavy atom. The van der Waals surface area contributed by atoms with Gasteiger partial charge in [-0.3, -0.25) is 4.72 Å². The molecule has 0 aliphatic heterocycles. The van der Waals surface area contributed by atoms with E-state index in [0.29, 0.717) is 0 Å². The molecule has 1 N–H and O–H groups in total. The number of rotatable bonds is 5. The first-order valence-electron chi connectivity index (χ1n) is 5.26. The molecule has 0 spiro atoms. The van der Waals surface area contributed by atoms with Crippen molar-refractivity contribution in [1.82, 2.24) is 4.72 Å². The molecule has 5 heteroatoms. The minimum absolute atomic E-state index is 0.133. The number of nitrogens with zero attached hydrogens (tertiary/aromatic N) is 1. The van der Waals surface area contributed by atoms with Gasteiger partial charge < -0.3 is 0 Å². The number of nitrogens with one attached hydrogen (secondary N) is 1. The van der Waals surface area contributed by atoms with Gasteiger partial charge in [0.05, 0.1) is 4.90 Å². The van der Waals surface area contributed by atoms with Gasteiger partial charge in [0.2, 0.25) is 0 Å². The molecule has 0 aliphatic carbocycles. The smallest absolute Gasteiger partial charge is 0.263 e. The maximum atomic E-state index is 11.9. The highest BCUT2D eigenvalue weighted by atomic mass is 32.2. The monoisotopic (exact) mass is 252 g/mol. The fourth-order valence-corrected chi connectivity index (χ4v) is 2.14. The SMILES string of the molecule is C=C(/N=C(/C)CC)NS(=O)(=O)c1ccccc1. The summed E-state index contributed by atoms with van der Waals surface area (Å²) < 4.78 is 26.1. The largest absolute Gasteiger partial charge is 0.264 e. The summed E-state index contributed by atoms with van der Waals surface area (Å²) in [6, 6.07) is 8.13.